The average molecular weight is 587 g/mol. The molecular weight excluding hydrogens is 536 g/mol. The highest BCUT2D eigenvalue weighted by molar-refractivity contribution is 5.78. The summed E-state index contributed by atoms with van der Waals surface area (Å²) in [5.41, 5.74) is 0.155. The molecule has 1 unspecified atom stereocenters. The quantitative estimate of drug-likeness (QED) is 0.320. The molecule has 12 atom stereocenters. The zero-order valence-electron chi connectivity index (χ0n) is 26.0. The largest absolute Gasteiger partial charge is 0.462 e. The lowest BCUT2D eigenvalue weighted by molar-refractivity contribution is -0.335. The number of carbonyl (C=O) groups excluding carboxylic acids is 1. The molecule has 1 spiro atoms. The molecule has 8 heteroatoms. The summed E-state index contributed by atoms with van der Waals surface area (Å²) in [4.78, 5) is 13.9. The van der Waals surface area contributed by atoms with E-state index in [4.69, 9.17) is 18.9 Å². The maximum absolute atomic E-state index is 13.9. The molecule has 5 aliphatic rings. The Morgan fingerprint density at radius 2 is 1.86 bits per heavy atom. The van der Waals surface area contributed by atoms with E-state index in [1.807, 2.05) is 26.0 Å². The van der Waals surface area contributed by atoms with Gasteiger partial charge in [0.25, 0.3) is 0 Å². The number of hydrogen-bond acceptors (Lipinski definition) is 8. The summed E-state index contributed by atoms with van der Waals surface area (Å²) < 4.78 is 25.5. The van der Waals surface area contributed by atoms with Crippen molar-refractivity contribution >= 4 is 5.97 Å². The number of carbonyl (C=O) groups is 1. The Morgan fingerprint density at radius 1 is 1.10 bits per heavy atom. The van der Waals surface area contributed by atoms with Gasteiger partial charge in [0.15, 0.2) is 5.79 Å². The second-order valence-corrected chi connectivity index (χ2v) is 13.5. The van der Waals surface area contributed by atoms with E-state index in [9.17, 15) is 20.1 Å². The van der Waals surface area contributed by atoms with Crippen LogP contribution in [0.2, 0.25) is 0 Å². The Balaban J connectivity index is 1.50. The van der Waals surface area contributed by atoms with E-state index >= 15 is 0 Å². The minimum Gasteiger partial charge on any atom is -0.462 e. The predicted octanol–water partition coefficient (Wildman–Crippen LogP) is 4.53. The predicted molar refractivity (Wildman–Crippen MR) is 158 cm³/mol. The summed E-state index contributed by atoms with van der Waals surface area (Å²) in [6.45, 7) is 12.3. The van der Waals surface area contributed by atoms with Gasteiger partial charge in [-0.1, -0.05) is 57.6 Å². The molecule has 3 saturated heterocycles. The fraction of sp³-hybridized carbons (Fsp3) is 0.735. The molecule has 4 heterocycles. The van der Waals surface area contributed by atoms with E-state index in [1.54, 1.807) is 25.2 Å². The lowest BCUT2D eigenvalue weighted by Gasteiger charge is -2.50. The van der Waals surface area contributed by atoms with Crippen LogP contribution < -0.4 is 0 Å². The van der Waals surface area contributed by atoms with E-state index in [0.717, 1.165) is 18.4 Å². The van der Waals surface area contributed by atoms with Crippen molar-refractivity contribution in [2.24, 2.45) is 23.7 Å². The second kappa shape index (κ2) is 12.3. The summed E-state index contributed by atoms with van der Waals surface area (Å²) in [6, 6.07) is 0. The van der Waals surface area contributed by atoms with Gasteiger partial charge in [0.1, 0.15) is 29.8 Å². The minimum atomic E-state index is -1.75. The van der Waals surface area contributed by atoms with Crippen molar-refractivity contribution in [2.75, 3.05) is 6.61 Å². The van der Waals surface area contributed by atoms with E-state index in [0.29, 0.717) is 48.7 Å². The SMILES string of the molecule is CCC(C)[C@H]1CC[C@]2(C[C@@H]3C[C@@H](C/C=C(\C)[C@@H](O)[C@@H](C)/C=C/C=C4\CO[C@@H]5[C@H](O)C(C)=C[C@@H](C(=O)O3)[C@]45O)O2)O[C@@H]1C. The monoisotopic (exact) mass is 586 g/mol. The van der Waals surface area contributed by atoms with Gasteiger partial charge >= 0.3 is 5.97 Å². The Labute approximate surface area is 250 Å². The first-order valence-electron chi connectivity index (χ1n) is 15.9. The summed E-state index contributed by atoms with van der Waals surface area (Å²) in [6.07, 6.45) is 9.80. The number of rotatable bonds is 2. The van der Waals surface area contributed by atoms with Crippen molar-refractivity contribution in [3.8, 4) is 0 Å². The van der Waals surface area contributed by atoms with Gasteiger partial charge in [-0.05, 0) is 62.2 Å². The first-order valence-corrected chi connectivity index (χ1v) is 15.9. The molecule has 4 aliphatic heterocycles. The molecule has 3 N–H and O–H groups in total. The molecule has 1 aliphatic carbocycles. The number of ether oxygens (including phenoxy) is 4. The standard InChI is InChI=1S/C34H50O8/c1-7-19(2)27-13-14-33(41-23(27)6)17-26-16-25(42-33)12-11-21(4)29(35)20(3)9-8-10-24-18-39-31-30(36)22(5)15-28(32(37)40-26)34(24,31)38/h8-11,15,19-20,23,25-31,35-36,38H,7,12-14,16-18H2,1-6H3/b9-8+,21-11+,24-10+/t19?,20-,23+,25+,26-,27+,28-,29-,30+,31+,33-,34+/m0/s1. The van der Waals surface area contributed by atoms with Crippen molar-refractivity contribution in [2.45, 2.75) is 128 Å². The first-order chi connectivity index (χ1) is 19.9. The number of esters is 1. The van der Waals surface area contributed by atoms with Crippen molar-refractivity contribution in [3.63, 3.8) is 0 Å². The van der Waals surface area contributed by atoms with Crippen molar-refractivity contribution in [1.82, 2.24) is 0 Å². The third-order valence-electron chi connectivity index (χ3n) is 10.6. The van der Waals surface area contributed by atoms with Crippen LogP contribution in [0.4, 0.5) is 0 Å². The lowest BCUT2D eigenvalue weighted by atomic mass is 9.71. The van der Waals surface area contributed by atoms with Gasteiger partial charge in [0.05, 0.1) is 24.9 Å². The van der Waals surface area contributed by atoms with Crippen LogP contribution in [-0.2, 0) is 23.7 Å². The molecular formula is C34H50O8. The maximum Gasteiger partial charge on any atom is 0.316 e. The van der Waals surface area contributed by atoms with E-state index < -0.39 is 47.7 Å². The molecule has 0 aromatic carbocycles. The second-order valence-electron chi connectivity index (χ2n) is 13.5. The van der Waals surface area contributed by atoms with Crippen molar-refractivity contribution in [3.05, 3.63) is 47.1 Å². The number of hydrogen-bond donors (Lipinski definition) is 3. The smallest absolute Gasteiger partial charge is 0.316 e. The summed E-state index contributed by atoms with van der Waals surface area (Å²) in [5.74, 6) is -1.67. The first kappa shape index (κ1) is 31.6. The highest BCUT2D eigenvalue weighted by Crippen LogP contribution is 2.48. The van der Waals surface area contributed by atoms with Crippen LogP contribution in [0.1, 0.15) is 80.1 Å². The van der Waals surface area contributed by atoms with E-state index in [1.165, 1.54) is 0 Å². The van der Waals surface area contributed by atoms with E-state index in [2.05, 4.69) is 20.8 Å². The molecule has 2 bridgehead atoms. The Morgan fingerprint density at radius 3 is 2.57 bits per heavy atom. The number of allylic oxidation sites excluding steroid dienone is 2. The zero-order chi connectivity index (χ0) is 30.4. The number of aliphatic hydroxyl groups excluding tert-OH is 2. The molecule has 234 valence electrons. The molecule has 5 rings (SSSR count). The zero-order valence-corrected chi connectivity index (χ0v) is 26.0. The van der Waals surface area contributed by atoms with Gasteiger partial charge in [0, 0.05) is 25.2 Å². The van der Waals surface area contributed by atoms with Gasteiger partial charge < -0.3 is 34.3 Å². The molecule has 0 saturated carbocycles. The molecule has 0 radical (unpaired) electrons. The normalized spacial score (nSPS) is 48.6. The minimum absolute atomic E-state index is 0.00335. The fourth-order valence-electron chi connectivity index (χ4n) is 7.76. The van der Waals surface area contributed by atoms with Gasteiger partial charge in [-0.25, -0.2) is 0 Å². The van der Waals surface area contributed by atoms with Gasteiger partial charge in [-0.15, -0.1) is 0 Å². The fourth-order valence-corrected chi connectivity index (χ4v) is 7.76. The van der Waals surface area contributed by atoms with Gasteiger partial charge in [-0.3, -0.25) is 4.79 Å². The third kappa shape index (κ3) is 5.83. The molecule has 0 aromatic rings. The van der Waals surface area contributed by atoms with Crippen LogP contribution in [-0.4, -0.2) is 75.9 Å². The Bertz CT molecular complexity index is 1140. The number of aliphatic hydroxyl groups is 3. The maximum atomic E-state index is 13.9. The highest BCUT2D eigenvalue weighted by Gasteiger charge is 2.60. The topological polar surface area (TPSA) is 115 Å². The highest BCUT2D eigenvalue weighted by atomic mass is 16.7. The average Bonchev–Trinajstić information content (AvgIpc) is 3.29. The van der Waals surface area contributed by atoms with Crippen LogP contribution in [0.5, 0.6) is 0 Å². The van der Waals surface area contributed by atoms with Crippen LogP contribution in [0.3, 0.4) is 0 Å². The van der Waals surface area contributed by atoms with Gasteiger partial charge in [-0.2, -0.15) is 0 Å². The summed E-state index contributed by atoms with van der Waals surface area (Å²) >= 11 is 0. The summed E-state index contributed by atoms with van der Waals surface area (Å²) in [7, 11) is 0. The van der Waals surface area contributed by atoms with Crippen molar-refractivity contribution in [1.29, 1.82) is 0 Å². The van der Waals surface area contributed by atoms with Crippen LogP contribution in [0.15, 0.2) is 47.1 Å². The molecule has 8 nitrogen and oxygen atoms in total. The molecule has 3 fully saturated rings. The summed E-state index contributed by atoms with van der Waals surface area (Å²) in [5, 5.41) is 34.0. The third-order valence-corrected chi connectivity index (χ3v) is 10.6. The van der Waals surface area contributed by atoms with Crippen molar-refractivity contribution < 1.29 is 39.1 Å². The Kier molecular flexibility index (Phi) is 9.25. The Hall–Kier alpha value is -1.81. The van der Waals surface area contributed by atoms with Crippen LogP contribution >= 0.6 is 0 Å². The van der Waals surface area contributed by atoms with Gasteiger partial charge in [0.2, 0.25) is 0 Å². The lowest BCUT2D eigenvalue weighted by Crippen LogP contribution is -2.58. The number of fused-ring (bicyclic) bond motifs is 2. The van der Waals surface area contributed by atoms with Crippen LogP contribution in [0, 0.1) is 23.7 Å². The molecule has 0 aromatic heterocycles. The molecule has 0 amide bonds. The van der Waals surface area contributed by atoms with E-state index in [-0.39, 0.29) is 24.7 Å². The van der Waals surface area contributed by atoms with Crippen LogP contribution in [0.25, 0.3) is 0 Å². The molecule has 42 heavy (non-hydrogen) atoms.